The smallest absolute Gasteiger partial charge is 0.211 e. The Hall–Kier alpha value is -1.11. The number of hydrogen-bond donors (Lipinski definition) is 1. The maximum absolute atomic E-state index is 11.9. The van der Waals surface area contributed by atoms with E-state index in [-0.39, 0.29) is 17.7 Å². The Kier molecular flexibility index (Phi) is 7.07. The van der Waals surface area contributed by atoms with E-state index in [9.17, 15) is 8.42 Å². The van der Waals surface area contributed by atoms with E-state index in [1.54, 1.807) is 6.92 Å². The number of ether oxygens (including phenoxy) is 1. The Labute approximate surface area is 146 Å². The highest BCUT2D eigenvalue weighted by atomic mass is 32.2. The molecule has 1 aromatic rings. The first kappa shape index (κ1) is 19.2. The fraction of sp³-hybridized carbons (Fsp3) is 0.667. The zero-order chi connectivity index (χ0) is 17.6. The Balaban J connectivity index is 1.95. The largest absolute Gasteiger partial charge is 0.493 e. The van der Waals surface area contributed by atoms with Gasteiger partial charge in [-0.1, -0.05) is 25.5 Å². The summed E-state index contributed by atoms with van der Waals surface area (Å²) in [5.74, 6) is 1.16. The molecule has 1 aromatic carbocycles. The number of aryl methyl sites for hydroxylation is 1. The lowest BCUT2D eigenvalue weighted by molar-refractivity contribution is 0.131. The van der Waals surface area contributed by atoms with Gasteiger partial charge in [-0.3, -0.25) is 0 Å². The standard InChI is InChI=1S/C18H30N2O3S/c1-4-6-15-7-9-17(10-8-15)23-14-16-11-12-20(3)13-18(16)19-24(21,22)5-2/h7-10,16,18-19H,4-6,11-14H2,1-3H3. The topological polar surface area (TPSA) is 58.6 Å². The molecule has 1 heterocycles. The van der Waals surface area contributed by atoms with Crippen molar-refractivity contribution in [3.8, 4) is 5.75 Å². The van der Waals surface area contributed by atoms with Crippen LogP contribution in [-0.2, 0) is 16.4 Å². The number of nitrogens with one attached hydrogen (secondary N) is 1. The molecule has 2 rings (SSSR count). The van der Waals surface area contributed by atoms with Gasteiger partial charge in [0.25, 0.3) is 0 Å². The quantitative estimate of drug-likeness (QED) is 0.778. The number of piperidine rings is 1. The van der Waals surface area contributed by atoms with Crippen LogP contribution in [0.25, 0.3) is 0 Å². The summed E-state index contributed by atoms with van der Waals surface area (Å²) in [6, 6.07) is 8.12. The lowest BCUT2D eigenvalue weighted by Crippen LogP contribution is -2.53. The molecule has 5 nitrogen and oxygen atoms in total. The zero-order valence-corrected chi connectivity index (χ0v) is 15.8. The SMILES string of the molecule is CCCc1ccc(OCC2CCN(C)CC2NS(=O)(=O)CC)cc1. The average molecular weight is 355 g/mol. The molecule has 24 heavy (non-hydrogen) atoms. The molecule has 6 heteroatoms. The highest BCUT2D eigenvalue weighted by Gasteiger charge is 2.31. The number of benzene rings is 1. The van der Waals surface area contributed by atoms with E-state index in [1.165, 1.54) is 5.56 Å². The fourth-order valence-corrected chi connectivity index (χ4v) is 3.95. The van der Waals surface area contributed by atoms with Crippen LogP contribution >= 0.6 is 0 Å². The van der Waals surface area contributed by atoms with E-state index >= 15 is 0 Å². The van der Waals surface area contributed by atoms with Gasteiger partial charge in [-0.15, -0.1) is 0 Å². The number of likely N-dealkylation sites (N-methyl/N-ethyl adjacent to an activating group) is 1. The van der Waals surface area contributed by atoms with Crippen LogP contribution in [-0.4, -0.2) is 51.9 Å². The highest BCUT2D eigenvalue weighted by Crippen LogP contribution is 2.21. The van der Waals surface area contributed by atoms with Gasteiger partial charge in [0.1, 0.15) is 5.75 Å². The first-order chi connectivity index (χ1) is 11.4. The molecule has 1 N–H and O–H groups in total. The summed E-state index contributed by atoms with van der Waals surface area (Å²) >= 11 is 0. The van der Waals surface area contributed by atoms with Crippen LogP contribution < -0.4 is 9.46 Å². The van der Waals surface area contributed by atoms with Crippen molar-refractivity contribution in [1.29, 1.82) is 0 Å². The minimum absolute atomic E-state index is 0.0898. The van der Waals surface area contributed by atoms with Crippen molar-refractivity contribution in [1.82, 2.24) is 9.62 Å². The monoisotopic (exact) mass is 354 g/mol. The Bertz CT molecular complexity index is 601. The van der Waals surface area contributed by atoms with Gasteiger partial charge in [0.2, 0.25) is 10.0 Å². The first-order valence-corrected chi connectivity index (χ1v) is 10.5. The van der Waals surface area contributed by atoms with Crippen molar-refractivity contribution < 1.29 is 13.2 Å². The normalized spacial score (nSPS) is 22.5. The maximum atomic E-state index is 11.9. The maximum Gasteiger partial charge on any atom is 0.211 e. The molecular weight excluding hydrogens is 324 g/mol. The van der Waals surface area contributed by atoms with Crippen LogP contribution in [0, 0.1) is 5.92 Å². The molecule has 0 bridgehead atoms. The van der Waals surface area contributed by atoms with Gasteiger partial charge in [-0.25, -0.2) is 13.1 Å². The molecule has 0 spiro atoms. The number of hydrogen-bond acceptors (Lipinski definition) is 4. The molecule has 1 aliphatic rings. The molecule has 1 fully saturated rings. The van der Waals surface area contributed by atoms with E-state index in [0.29, 0.717) is 6.61 Å². The van der Waals surface area contributed by atoms with Crippen molar-refractivity contribution in [2.75, 3.05) is 32.5 Å². The van der Waals surface area contributed by atoms with Gasteiger partial charge in [-0.2, -0.15) is 0 Å². The van der Waals surface area contributed by atoms with E-state index in [1.807, 2.05) is 19.2 Å². The molecule has 2 atom stereocenters. The minimum Gasteiger partial charge on any atom is -0.493 e. The number of nitrogens with zero attached hydrogens (tertiary/aromatic N) is 1. The third-order valence-electron chi connectivity index (χ3n) is 4.60. The number of likely N-dealkylation sites (tertiary alicyclic amines) is 1. The van der Waals surface area contributed by atoms with Crippen molar-refractivity contribution >= 4 is 10.0 Å². The molecule has 2 unspecified atom stereocenters. The van der Waals surface area contributed by atoms with Crippen molar-refractivity contribution in [3.63, 3.8) is 0 Å². The highest BCUT2D eigenvalue weighted by molar-refractivity contribution is 7.89. The van der Waals surface area contributed by atoms with E-state index in [4.69, 9.17) is 4.74 Å². The minimum atomic E-state index is -3.20. The Morgan fingerprint density at radius 3 is 2.58 bits per heavy atom. The van der Waals surface area contributed by atoms with Crippen LogP contribution in [0.1, 0.15) is 32.3 Å². The second-order valence-corrected chi connectivity index (χ2v) is 8.69. The zero-order valence-electron chi connectivity index (χ0n) is 15.0. The van der Waals surface area contributed by atoms with Gasteiger partial charge >= 0.3 is 0 Å². The summed E-state index contributed by atoms with van der Waals surface area (Å²) < 4.78 is 32.6. The third-order valence-corrected chi connectivity index (χ3v) is 6.02. The van der Waals surface area contributed by atoms with Gasteiger partial charge in [0.05, 0.1) is 12.4 Å². The van der Waals surface area contributed by atoms with Gasteiger partial charge in [0.15, 0.2) is 0 Å². The first-order valence-electron chi connectivity index (χ1n) is 8.83. The lowest BCUT2D eigenvalue weighted by atomic mass is 9.93. The third kappa shape index (κ3) is 5.76. The Morgan fingerprint density at radius 2 is 1.96 bits per heavy atom. The second-order valence-electron chi connectivity index (χ2n) is 6.64. The number of rotatable bonds is 8. The Morgan fingerprint density at radius 1 is 1.25 bits per heavy atom. The molecule has 0 amide bonds. The summed E-state index contributed by atoms with van der Waals surface area (Å²) in [5.41, 5.74) is 1.32. The van der Waals surface area contributed by atoms with Crippen LogP contribution in [0.4, 0.5) is 0 Å². The van der Waals surface area contributed by atoms with E-state index in [0.717, 1.165) is 38.1 Å². The molecule has 0 aromatic heterocycles. The van der Waals surface area contributed by atoms with E-state index < -0.39 is 10.0 Å². The summed E-state index contributed by atoms with van der Waals surface area (Å²) in [5, 5.41) is 0. The van der Waals surface area contributed by atoms with Gasteiger partial charge < -0.3 is 9.64 Å². The van der Waals surface area contributed by atoms with Crippen LogP contribution in [0.5, 0.6) is 5.75 Å². The van der Waals surface area contributed by atoms with E-state index in [2.05, 4.69) is 28.7 Å². The summed E-state index contributed by atoms with van der Waals surface area (Å²) in [6.45, 7) is 6.06. The molecule has 0 radical (unpaired) electrons. The molecule has 1 aliphatic heterocycles. The second kappa shape index (κ2) is 8.83. The van der Waals surface area contributed by atoms with Crippen molar-refractivity contribution in [2.24, 2.45) is 5.92 Å². The molecule has 136 valence electrons. The molecule has 1 saturated heterocycles. The lowest BCUT2D eigenvalue weighted by Gasteiger charge is -2.36. The van der Waals surface area contributed by atoms with Gasteiger partial charge in [0, 0.05) is 18.5 Å². The van der Waals surface area contributed by atoms with Crippen molar-refractivity contribution in [3.05, 3.63) is 29.8 Å². The van der Waals surface area contributed by atoms with Crippen molar-refractivity contribution in [2.45, 2.75) is 39.2 Å². The predicted molar refractivity (Wildman–Crippen MR) is 97.9 cm³/mol. The van der Waals surface area contributed by atoms with Crippen LogP contribution in [0.3, 0.4) is 0 Å². The van der Waals surface area contributed by atoms with Crippen LogP contribution in [0.15, 0.2) is 24.3 Å². The average Bonchev–Trinajstić information content (AvgIpc) is 2.55. The molecular formula is C18H30N2O3S. The molecule has 0 saturated carbocycles. The van der Waals surface area contributed by atoms with Gasteiger partial charge in [-0.05, 0) is 51.1 Å². The van der Waals surface area contributed by atoms with Crippen LogP contribution in [0.2, 0.25) is 0 Å². The summed E-state index contributed by atoms with van der Waals surface area (Å²) in [7, 11) is -1.18. The number of sulfonamides is 1. The predicted octanol–water partition coefficient (Wildman–Crippen LogP) is 2.28. The fourth-order valence-electron chi connectivity index (χ4n) is 3.05. The summed E-state index contributed by atoms with van der Waals surface area (Å²) in [6.07, 6.45) is 3.15. The molecule has 0 aliphatic carbocycles. The summed E-state index contributed by atoms with van der Waals surface area (Å²) in [4.78, 5) is 2.17.